The molecular weight excluding hydrogens is 424 g/mol. The summed E-state index contributed by atoms with van der Waals surface area (Å²) in [6, 6.07) is 17.0. The highest BCUT2D eigenvalue weighted by atomic mass is 32.1. The first-order valence-electron chi connectivity index (χ1n) is 10.9. The van der Waals surface area contributed by atoms with Gasteiger partial charge in [0.1, 0.15) is 18.3 Å². The average molecular weight is 453 g/mol. The van der Waals surface area contributed by atoms with Gasteiger partial charge >= 0.3 is 0 Å². The van der Waals surface area contributed by atoms with E-state index < -0.39 is 30.2 Å². The summed E-state index contributed by atoms with van der Waals surface area (Å²) in [5.41, 5.74) is 6.40. The molecule has 0 aliphatic carbocycles. The topological polar surface area (TPSA) is 79.2 Å². The Bertz CT molecular complexity index is 1140. The number of fused-ring (bicyclic) bond motifs is 2. The van der Waals surface area contributed by atoms with E-state index in [0.717, 1.165) is 28.7 Å². The highest BCUT2D eigenvalue weighted by Gasteiger charge is 2.57. The molecule has 5 nitrogen and oxygen atoms in total. The Morgan fingerprint density at radius 3 is 2.50 bits per heavy atom. The zero-order valence-electron chi connectivity index (χ0n) is 18.4. The standard InChI is InChI=1S/C26H28O5S/c1-14-4-6-17(7-5-14)22-9-8-20(32-22)11-18-12-21-19(10-15(18)2)13-30-26(21)25(29)24(28)23(27)16(3)31-26/h4-10,12,16,23-25,27-29H,11,13H2,1-3H3/t16-,23-,24+,25-,26+/m1/s1. The third kappa shape index (κ3) is 3.52. The van der Waals surface area contributed by atoms with Crippen LogP contribution in [0.25, 0.3) is 10.4 Å². The molecule has 1 aromatic heterocycles. The smallest absolute Gasteiger partial charge is 0.225 e. The van der Waals surface area contributed by atoms with Crippen molar-refractivity contribution < 1.29 is 24.8 Å². The van der Waals surface area contributed by atoms with Crippen molar-refractivity contribution in [3.8, 4) is 10.4 Å². The minimum atomic E-state index is -1.46. The van der Waals surface area contributed by atoms with Crippen LogP contribution in [0.3, 0.4) is 0 Å². The number of thiophene rings is 1. The Labute approximate surface area is 191 Å². The van der Waals surface area contributed by atoms with E-state index in [1.807, 2.05) is 6.07 Å². The Morgan fingerprint density at radius 1 is 1.00 bits per heavy atom. The summed E-state index contributed by atoms with van der Waals surface area (Å²) in [5, 5.41) is 31.3. The van der Waals surface area contributed by atoms with Crippen LogP contribution in [-0.4, -0.2) is 39.7 Å². The van der Waals surface area contributed by atoms with Gasteiger partial charge in [-0.3, -0.25) is 0 Å². The lowest BCUT2D eigenvalue weighted by Crippen LogP contribution is -2.62. The maximum Gasteiger partial charge on any atom is 0.225 e. The molecule has 0 unspecified atom stereocenters. The molecule has 168 valence electrons. The zero-order valence-corrected chi connectivity index (χ0v) is 19.2. The van der Waals surface area contributed by atoms with Gasteiger partial charge in [0.25, 0.3) is 0 Å². The number of aliphatic hydroxyl groups excluding tert-OH is 3. The Kier molecular flexibility index (Phi) is 5.48. The molecule has 2 aliphatic rings. The maximum atomic E-state index is 10.8. The molecule has 2 aliphatic heterocycles. The highest BCUT2D eigenvalue weighted by molar-refractivity contribution is 7.15. The second-order valence-corrected chi connectivity index (χ2v) is 10.1. The second kappa shape index (κ2) is 8.06. The van der Waals surface area contributed by atoms with Gasteiger partial charge in [-0.15, -0.1) is 11.3 Å². The second-order valence-electron chi connectivity index (χ2n) is 8.95. The highest BCUT2D eigenvalue weighted by Crippen LogP contribution is 2.46. The number of aryl methyl sites for hydroxylation is 2. The first-order valence-corrected chi connectivity index (χ1v) is 11.7. The minimum Gasteiger partial charge on any atom is -0.388 e. The predicted molar refractivity (Wildman–Crippen MR) is 124 cm³/mol. The van der Waals surface area contributed by atoms with Gasteiger partial charge in [0.2, 0.25) is 5.79 Å². The van der Waals surface area contributed by atoms with Crippen molar-refractivity contribution in [2.45, 2.75) is 64.0 Å². The van der Waals surface area contributed by atoms with Gasteiger partial charge < -0.3 is 24.8 Å². The summed E-state index contributed by atoms with van der Waals surface area (Å²) >= 11 is 1.77. The first-order chi connectivity index (χ1) is 15.3. The first kappa shape index (κ1) is 21.8. The van der Waals surface area contributed by atoms with Crippen LogP contribution in [0.2, 0.25) is 0 Å². The van der Waals surface area contributed by atoms with Crippen molar-refractivity contribution in [2.75, 3.05) is 0 Å². The van der Waals surface area contributed by atoms with E-state index in [0.29, 0.717) is 6.61 Å². The number of rotatable bonds is 3. The van der Waals surface area contributed by atoms with Crippen molar-refractivity contribution >= 4 is 11.3 Å². The van der Waals surface area contributed by atoms with Gasteiger partial charge in [0.05, 0.1) is 12.7 Å². The number of ether oxygens (including phenoxy) is 2. The molecule has 2 aromatic carbocycles. The molecule has 0 bridgehead atoms. The predicted octanol–water partition coefficient (Wildman–Crippen LogP) is 3.81. The van der Waals surface area contributed by atoms with Gasteiger partial charge in [0, 0.05) is 21.7 Å². The monoisotopic (exact) mass is 452 g/mol. The SMILES string of the molecule is Cc1ccc(-c2ccc(Cc3cc4c(cc3C)CO[C@]43O[C@H](C)[C@@H](O)[C@H](O)[C@H]3O)s2)cc1. The average Bonchev–Trinajstić information content (AvgIpc) is 3.37. The fraction of sp³-hybridized carbons (Fsp3) is 0.385. The van der Waals surface area contributed by atoms with Gasteiger partial charge in [0.15, 0.2) is 0 Å². The number of benzene rings is 2. The summed E-state index contributed by atoms with van der Waals surface area (Å²) in [7, 11) is 0. The van der Waals surface area contributed by atoms with Gasteiger partial charge in [-0.2, -0.15) is 0 Å². The summed E-state index contributed by atoms with van der Waals surface area (Å²) in [6.45, 7) is 6.13. The fourth-order valence-corrected chi connectivity index (χ4v) is 5.73. The van der Waals surface area contributed by atoms with E-state index >= 15 is 0 Å². The Balaban J connectivity index is 1.46. The molecule has 1 fully saturated rings. The van der Waals surface area contributed by atoms with Crippen LogP contribution < -0.4 is 0 Å². The number of aliphatic hydroxyl groups is 3. The fourth-order valence-electron chi connectivity index (χ4n) is 4.69. The minimum absolute atomic E-state index is 0.291. The van der Waals surface area contributed by atoms with Crippen LogP contribution >= 0.6 is 11.3 Å². The molecule has 5 atom stereocenters. The van der Waals surface area contributed by atoms with E-state index in [-0.39, 0.29) is 0 Å². The molecule has 6 heteroatoms. The van der Waals surface area contributed by atoms with Crippen LogP contribution in [-0.2, 0) is 28.3 Å². The lowest BCUT2D eigenvalue weighted by Gasteiger charge is -2.45. The Hall–Kier alpha value is -2.06. The molecule has 1 spiro atoms. The van der Waals surface area contributed by atoms with Crippen LogP contribution in [0.4, 0.5) is 0 Å². The third-order valence-electron chi connectivity index (χ3n) is 6.65. The molecule has 0 saturated carbocycles. The molecule has 3 N–H and O–H groups in total. The lowest BCUT2D eigenvalue weighted by atomic mass is 9.86. The lowest BCUT2D eigenvalue weighted by molar-refractivity contribution is -0.362. The quantitative estimate of drug-likeness (QED) is 0.563. The van der Waals surface area contributed by atoms with Gasteiger partial charge in [-0.25, -0.2) is 0 Å². The van der Waals surface area contributed by atoms with Crippen LogP contribution in [0.15, 0.2) is 48.5 Å². The largest absolute Gasteiger partial charge is 0.388 e. The van der Waals surface area contributed by atoms with Crippen LogP contribution in [0.1, 0.15) is 39.6 Å². The van der Waals surface area contributed by atoms with Crippen molar-refractivity contribution in [1.29, 1.82) is 0 Å². The maximum absolute atomic E-state index is 10.8. The Morgan fingerprint density at radius 2 is 1.75 bits per heavy atom. The van der Waals surface area contributed by atoms with Crippen LogP contribution in [0, 0.1) is 13.8 Å². The van der Waals surface area contributed by atoms with E-state index in [1.54, 1.807) is 18.3 Å². The molecule has 5 rings (SSSR count). The summed E-state index contributed by atoms with van der Waals surface area (Å²) in [4.78, 5) is 2.47. The van der Waals surface area contributed by atoms with Crippen molar-refractivity contribution in [1.82, 2.24) is 0 Å². The zero-order chi connectivity index (χ0) is 22.6. The molecule has 3 aromatic rings. The van der Waals surface area contributed by atoms with Gasteiger partial charge in [-0.1, -0.05) is 35.9 Å². The van der Waals surface area contributed by atoms with E-state index in [1.165, 1.54) is 20.9 Å². The molecule has 0 amide bonds. The van der Waals surface area contributed by atoms with E-state index in [4.69, 9.17) is 9.47 Å². The van der Waals surface area contributed by atoms with Crippen molar-refractivity contribution in [2.24, 2.45) is 0 Å². The molecule has 3 heterocycles. The summed E-state index contributed by atoms with van der Waals surface area (Å²) in [5.74, 6) is -1.46. The van der Waals surface area contributed by atoms with Gasteiger partial charge in [-0.05, 0) is 61.2 Å². The summed E-state index contributed by atoms with van der Waals surface area (Å²) in [6.07, 6.45) is -3.80. The van der Waals surface area contributed by atoms with Crippen molar-refractivity contribution in [3.05, 3.63) is 81.2 Å². The third-order valence-corrected chi connectivity index (χ3v) is 7.78. The molecule has 32 heavy (non-hydrogen) atoms. The van der Waals surface area contributed by atoms with E-state index in [9.17, 15) is 15.3 Å². The number of hydrogen-bond donors (Lipinski definition) is 3. The molecule has 1 saturated heterocycles. The molecular formula is C26H28O5S. The normalized spacial score (nSPS) is 29.4. The van der Waals surface area contributed by atoms with Crippen molar-refractivity contribution in [3.63, 3.8) is 0 Å². The van der Waals surface area contributed by atoms with Crippen LogP contribution in [0.5, 0.6) is 0 Å². The molecule has 0 radical (unpaired) electrons. The van der Waals surface area contributed by atoms with E-state index in [2.05, 4.69) is 56.3 Å². The number of hydrogen-bond acceptors (Lipinski definition) is 6. The summed E-state index contributed by atoms with van der Waals surface area (Å²) < 4.78 is 11.9.